The van der Waals surface area contributed by atoms with Gasteiger partial charge in [0.1, 0.15) is 10.6 Å². The number of rotatable bonds is 6. The van der Waals surface area contributed by atoms with Crippen molar-refractivity contribution in [2.45, 2.75) is 25.4 Å². The number of nitrogens with one attached hydrogen (secondary N) is 1. The maximum Gasteiger partial charge on any atom is 0.194 e. The van der Waals surface area contributed by atoms with E-state index < -0.39 is 5.60 Å². The van der Waals surface area contributed by atoms with Gasteiger partial charge in [0.25, 0.3) is 0 Å². The van der Waals surface area contributed by atoms with Gasteiger partial charge in [-0.3, -0.25) is 0 Å². The standard InChI is InChI=1S/C16H19ClN2O3S/c1-16(20,11-4-2-3-5-12(11)17)10-18-9-14-19-8-13(23-14)15-21-6-7-22-15/h2-5,8,15,18,20H,6-7,9-10H2,1H3/t16-/m1/s1. The minimum Gasteiger partial charge on any atom is -0.384 e. The Kier molecular flexibility index (Phi) is 5.31. The molecule has 0 radical (unpaired) electrons. The summed E-state index contributed by atoms with van der Waals surface area (Å²) < 4.78 is 10.9. The summed E-state index contributed by atoms with van der Waals surface area (Å²) in [5, 5.41) is 15.3. The van der Waals surface area contributed by atoms with E-state index >= 15 is 0 Å². The van der Waals surface area contributed by atoms with Gasteiger partial charge in [-0.1, -0.05) is 29.8 Å². The summed E-state index contributed by atoms with van der Waals surface area (Å²) >= 11 is 7.70. The molecule has 2 N–H and O–H groups in total. The van der Waals surface area contributed by atoms with Gasteiger partial charge < -0.3 is 19.9 Å². The Morgan fingerprint density at radius 1 is 1.39 bits per heavy atom. The van der Waals surface area contributed by atoms with Gasteiger partial charge in [0.15, 0.2) is 6.29 Å². The Morgan fingerprint density at radius 2 is 2.13 bits per heavy atom. The molecule has 0 amide bonds. The molecule has 1 fully saturated rings. The lowest BCUT2D eigenvalue weighted by atomic mass is 9.96. The van der Waals surface area contributed by atoms with Crippen LogP contribution in [0, 0.1) is 0 Å². The molecular formula is C16H19ClN2O3S. The summed E-state index contributed by atoms with van der Waals surface area (Å²) in [7, 11) is 0. The van der Waals surface area contributed by atoms with Crippen molar-refractivity contribution in [3.8, 4) is 0 Å². The average molecular weight is 355 g/mol. The topological polar surface area (TPSA) is 63.6 Å². The molecule has 1 aromatic heterocycles. The Morgan fingerprint density at radius 3 is 2.87 bits per heavy atom. The zero-order chi connectivity index (χ0) is 16.3. The highest BCUT2D eigenvalue weighted by atomic mass is 35.5. The number of thiazole rings is 1. The Balaban J connectivity index is 1.55. The fraction of sp³-hybridized carbons (Fsp3) is 0.438. The van der Waals surface area contributed by atoms with Crippen molar-refractivity contribution in [1.29, 1.82) is 0 Å². The van der Waals surface area contributed by atoms with E-state index in [0.29, 0.717) is 36.9 Å². The highest BCUT2D eigenvalue weighted by molar-refractivity contribution is 7.11. The number of hydrogen-bond acceptors (Lipinski definition) is 6. The highest BCUT2D eigenvalue weighted by Crippen LogP contribution is 2.29. The average Bonchev–Trinajstić information content (AvgIpc) is 3.18. The van der Waals surface area contributed by atoms with Gasteiger partial charge in [0.2, 0.25) is 0 Å². The van der Waals surface area contributed by atoms with E-state index in [1.54, 1.807) is 30.5 Å². The Hall–Kier alpha value is -1.02. The van der Waals surface area contributed by atoms with Crippen LogP contribution in [0.3, 0.4) is 0 Å². The third-order valence-electron chi connectivity index (χ3n) is 3.63. The van der Waals surface area contributed by atoms with Gasteiger partial charge in [-0.05, 0) is 13.0 Å². The lowest BCUT2D eigenvalue weighted by Crippen LogP contribution is -2.35. The lowest BCUT2D eigenvalue weighted by Gasteiger charge is -2.25. The van der Waals surface area contributed by atoms with Crippen molar-refractivity contribution in [2.24, 2.45) is 0 Å². The largest absolute Gasteiger partial charge is 0.384 e. The van der Waals surface area contributed by atoms with Crippen molar-refractivity contribution in [1.82, 2.24) is 10.3 Å². The molecule has 2 aromatic rings. The van der Waals surface area contributed by atoms with Gasteiger partial charge in [0, 0.05) is 29.9 Å². The molecule has 0 spiro atoms. The molecule has 0 bridgehead atoms. The van der Waals surface area contributed by atoms with Crippen molar-refractivity contribution in [2.75, 3.05) is 19.8 Å². The van der Waals surface area contributed by atoms with Crippen molar-refractivity contribution < 1.29 is 14.6 Å². The van der Waals surface area contributed by atoms with Crippen molar-refractivity contribution in [3.63, 3.8) is 0 Å². The Labute approximate surface area is 144 Å². The summed E-state index contributed by atoms with van der Waals surface area (Å²) in [6, 6.07) is 7.32. The minimum absolute atomic E-state index is 0.285. The van der Waals surface area contributed by atoms with Crippen LogP contribution in [0.5, 0.6) is 0 Å². The molecule has 3 rings (SSSR count). The number of nitrogens with zero attached hydrogens (tertiary/aromatic N) is 1. The molecule has 0 aliphatic carbocycles. The fourth-order valence-corrected chi connectivity index (χ4v) is 3.67. The second-order valence-electron chi connectivity index (χ2n) is 5.59. The quantitative estimate of drug-likeness (QED) is 0.835. The summed E-state index contributed by atoms with van der Waals surface area (Å²) in [6.07, 6.45) is 1.50. The van der Waals surface area contributed by atoms with Crippen LogP contribution in [0.2, 0.25) is 5.02 Å². The first kappa shape index (κ1) is 16.8. The smallest absolute Gasteiger partial charge is 0.194 e. The molecule has 0 saturated carbocycles. The van der Waals surface area contributed by atoms with Crippen molar-refractivity contribution in [3.05, 3.63) is 50.9 Å². The first-order chi connectivity index (χ1) is 11.1. The molecule has 124 valence electrons. The predicted octanol–water partition coefficient (Wildman–Crippen LogP) is 2.84. The van der Waals surface area contributed by atoms with E-state index in [4.69, 9.17) is 21.1 Å². The van der Waals surface area contributed by atoms with Gasteiger partial charge in [-0.15, -0.1) is 11.3 Å². The number of aromatic nitrogens is 1. The number of hydrogen-bond donors (Lipinski definition) is 2. The molecule has 1 saturated heterocycles. The fourth-order valence-electron chi connectivity index (χ4n) is 2.44. The minimum atomic E-state index is -1.05. The van der Waals surface area contributed by atoms with Crippen LogP contribution in [0.4, 0.5) is 0 Å². The van der Waals surface area contributed by atoms with Crippen LogP contribution in [0.15, 0.2) is 30.5 Å². The first-order valence-electron chi connectivity index (χ1n) is 7.42. The summed E-state index contributed by atoms with van der Waals surface area (Å²) in [4.78, 5) is 5.33. The van der Waals surface area contributed by atoms with Crippen LogP contribution in [0.25, 0.3) is 0 Å². The summed E-state index contributed by atoms with van der Waals surface area (Å²) in [5.74, 6) is 0. The predicted molar refractivity (Wildman–Crippen MR) is 89.5 cm³/mol. The number of benzene rings is 1. The maximum absolute atomic E-state index is 10.6. The molecule has 1 aliphatic rings. The second-order valence-corrected chi connectivity index (χ2v) is 7.14. The second kappa shape index (κ2) is 7.25. The zero-order valence-corrected chi connectivity index (χ0v) is 14.4. The molecule has 0 unspecified atom stereocenters. The molecule has 1 aromatic carbocycles. The highest BCUT2D eigenvalue weighted by Gasteiger charge is 2.25. The molecule has 5 nitrogen and oxygen atoms in total. The van der Waals surface area contributed by atoms with Crippen LogP contribution < -0.4 is 5.32 Å². The van der Waals surface area contributed by atoms with Crippen LogP contribution in [0.1, 0.15) is 28.7 Å². The number of aliphatic hydroxyl groups is 1. The third kappa shape index (κ3) is 4.09. The lowest BCUT2D eigenvalue weighted by molar-refractivity contribution is -0.0414. The van der Waals surface area contributed by atoms with E-state index in [-0.39, 0.29) is 6.29 Å². The van der Waals surface area contributed by atoms with Gasteiger partial charge >= 0.3 is 0 Å². The first-order valence-corrected chi connectivity index (χ1v) is 8.61. The Bertz CT molecular complexity index is 656. The van der Waals surface area contributed by atoms with E-state index in [1.807, 2.05) is 18.2 Å². The molecule has 1 aliphatic heterocycles. The maximum atomic E-state index is 10.6. The van der Waals surface area contributed by atoms with E-state index in [0.717, 1.165) is 9.88 Å². The van der Waals surface area contributed by atoms with Crippen LogP contribution in [-0.4, -0.2) is 29.8 Å². The summed E-state index contributed by atoms with van der Waals surface area (Å²) in [6.45, 7) is 3.93. The van der Waals surface area contributed by atoms with Gasteiger partial charge in [-0.2, -0.15) is 0 Å². The van der Waals surface area contributed by atoms with Gasteiger partial charge in [0.05, 0.1) is 18.1 Å². The number of ether oxygens (including phenoxy) is 2. The third-order valence-corrected chi connectivity index (χ3v) is 4.97. The number of halogens is 1. The van der Waals surface area contributed by atoms with Crippen molar-refractivity contribution >= 4 is 22.9 Å². The van der Waals surface area contributed by atoms with E-state index in [9.17, 15) is 5.11 Å². The molecule has 7 heteroatoms. The van der Waals surface area contributed by atoms with Gasteiger partial charge in [-0.25, -0.2) is 4.98 Å². The van der Waals surface area contributed by atoms with Crippen LogP contribution in [-0.2, 0) is 21.6 Å². The normalized spacial score (nSPS) is 18.2. The molecule has 23 heavy (non-hydrogen) atoms. The zero-order valence-electron chi connectivity index (χ0n) is 12.8. The van der Waals surface area contributed by atoms with E-state index in [2.05, 4.69) is 10.3 Å². The van der Waals surface area contributed by atoms with E-state index in [1.165, 1.54) is 0 Å². The van der Waals surface area contributed by atoms with Crippen LogP contribution >= 0.6 is 22.9 Å². The molecule has 2 heterocycles. The molecular weight excluding hydrogens is 336 g/mol. The monoisotopic (exact) mass is 354 g/mol. The summed E-state index contributed by atoms with van der Waals surface area (Å²) in [5.41, 5.74) is -0.336. The molecule has 1 atom stereocenters. The SMILES string of the molecule is C[C@@](O)(CNCc1ncc(C2OCCO2)s1)c1ccccc1Cl.